The van der Waals surface area contributed by atoms with E-state index >= 15 is 0 Å². The van der Waals surface area contributed by atoms with Gasteiger partial charge in [0.25, 0.3) is 0 Å². The second kappa shape index (κ2) is 9.78. The Bertz CT molecular complexity index is 222. The lowest BCUT2D eigenvalue weighted by Crippen LogP contribution is -2.45. The van der Waals surface area contributed by atoms with Crippen molar-refractivity contribution >= 4 is 0 Å². The van der Waals surface area contributed by atoms with Gasteiger partial charge in [-0.2, -0.15) is 0 Å². The third-order valence-corrected chi connectivity index (χ3v) is 5.09. The largest absolute Gasteiger partial charge is 0.317 e. The fraction of sp³-hybridized carbons (Fsp3) is 1.00. The molecule has 1 spiro atoms. The lowest BCUT2D eigenvalue weighted by molar-refractivity contribution is 0.0729. The van der Waals surface area contributed by atoms with Crippen LogP contribution in [-0.4, -0.2) is 37.6 Å². The molecule has 1 N–H and O–H groups in total. The molecule has 2 heterocycles. The van der Waals surface area contributed by atoms with Crippen molar-refractivity contribution in [2.45, 2.75) is 72.6 Å². The summed E-state index contributed by atoms with van der Waals surface area (Å²) in [6.45, 7) is 15.3. The first-order chi connectivity index (χ1) is 9.70. The maximum absolute atomic E-state index is 3.51. The Morgan fingerprint density at radius 1 is 0.950 bits per heavy atom. The van der Waals surface area contributed by atoms with Gasteiger partial charge >= 0.3 is 0 Å². The highest BCUT2D eigenvalue weighted by Gasteiger charge is 2.35. The van der Waals surface area contributed by atoms with Gasteiger partial charge in [0, 0.05) is 0 Å². The van der Waals surface area contributed by atoms with Crippen LogP contribution < -0.4 is 5.32 Å². The van der Waals surface area contributed by atoms with Crippen molar-refractivity contribution in [2.24, 2.45) is 11.3 Å². The molecule has 2 fully saturated rings. The summed E-state index contributed by atoms with van der Waals surface area (Å²) < 4.78 is 0. The number of hydrogen-bond acceptors (Lipinski definition) is 2. The zero-order valence-electron chi connectivity index (χ0n) is 14.5. The maximum atomic E-state index is 3.51. The molecule has 0 saturated carbocycles. The van der Waals surface area contributed by atoms with Crippen LogP contribution in [0.15, 0.2) is 0 Å². The van der Waals surface area contributed by atoms with Gasteiger partial charge in [0.1, 0.15) is 0 Å². The van der Waals surface area contributed by atoms with Crippen molar-refractivity contribution in [3.8, 4) is 0 Å². The topological polar surface area (TPSA) is 15.3 Å². The van der Waals surface area contributed by atoms with Crippen LogP contribution in [0.5, 0.6) is 0 Å². The highest BCUT2D eigenvalue weighted by atomic mass is 15.1. The highest BCUT2D eigenvalue weighted by molar-refractivity contribution is 4.89. The number of unbranched alkanes of at least 4 members (excludes halogenated alkanes) is 1. The molecule has 0 aromatic carbocycles. The van der Waals surface area contributed by atoms with Gasteiger partial charge in [-0.1, -0.05) is 40.5 Å². The van der Waals surface area contributed by atoms with E-state index in [0.29, 0.717) is 0 Å². The van der Waals surface area contributed by atoms with Crippen molar-refractivity contribution in [1.82, 2.24) is 10.2 Å². The molecule has 2 aliphatic heterocycles. The van der Waals surface area contributed by atoms with Gasteiger partial charge in [-0.25, -0.2) is 0 Å². The van der Waals surface area contributed by atoms with Gasteiger partial charge in [-0.05, 0) is 76.2 Å². The van der Waals surface area contributed by atoms with Crippen molar-refractivity contribution in [3.05, 3.63) is 0 Å². The average molecular weight is 283 g/mol. The van der Waals surface area contributed by atoms with Crippen LogP contribution in [-0.2, 0) is 0 Å². The minimum Gasteiger partial charge on any atom is -0.317 e. The van der Waals surface area contributed by atoms with E-state index in [2.05, 4.69) is 24.1 Å². The molecule has 2 heteroatoms. The summed E-state index contributed by atoms with van der Waals surface area (Å²) in [6.07, 6.45) is 10.00. The third kappa shape index (κ3) is 6.13. The standard InChI is InChI=1S/C16H32N2.C2H6/c1-15(2)5-3-4-12-18-13-8-16(9-14-18)6-10-17-11-7-16;1-2/h15,17H,3-14H2,1-2H3;1-2H3. The van der Waals surface area contributed by atoms with Gasteiger partial charge in [0.15, 0.2) is 0 Å². The fourth-order valence-electron chi connectivity index (χ4n) is 3.60. The van der Waals surface area contributed by atoms with Gasteiger partial charge in [0.2, 0.25) is 0 Å². The molecule has 0 amide bonds. The third-order valence-electron chi connectivity index (χ3n) is 5.09. The van der Waals surface area contributed by atoms with Crippen LogP contribution in [0, 0.1) is 11.3 Å². The molecule has 120 valence electrons. The predicted molar refractivity (Wildman–Crippen MR) is 90.2 cm³/mol. The zero-order chi connectivity index (χ0) is 14.8. The Labute approximate surface area is 127 Å². The summed E-state index contributed by atoms with van der Waals surface area (Å²) in [7, 11) is 0. The highest BCUT2D eigenvalue weighted by Crippen LogP contribution is 2.39. The average Bonchev–Trinajstić information content (AvgIpc) is 2.48. The summed E-state index contributed by atoms with van der Waals surface area (Å²) in [4.78, 5) is 2.72. The Morgan fingerprint density at radius 2 is 1.55 bits per heavy atom. The van der Waals surface area contributed by atoms with Crippen molar-refractivity contribution < 1.29 is 0 Å². The molecule has 0 aromatic rings. The Morgan fingerprint density at radius 3 is 2.10 bits per heavy atom. The first kappa shape index (κ1) is 18.0. The summed E-state index contributed by atoms with van der Waals surface area (Å²) in [5, 5.41) is 3.51. The van der Waals surface area contributed by atoms with Crippen LogP contribution >= 0.6 is 0 Å². The summed E-state index contributed by atoms with van der Waals surface area (Å²) in [6, 6.07) is 0. The van der Waals surface area contributed by atoms with Crippen molar-refractivity contribution in [1.29, 1.82) is 0 Å². The number of piperidine rings is 2. The monoisotopic (exact) mass is 282 g/mol. The van der Waals surface area contributed by atoms with Crippen LogP contribution in [0.2, 0.25) is 0 Å². The summed E-state index contributed by atoms with van der Waals surface area (Å²) in [5.41, 5.74) is 0.722. The molecule has 2 aliphatic rings. The fourth-order valence-corrected chi connectivity index (χ4v) is 3.60. The molecule has 0 aliphatic carbocycles. The van der Waals surface area contributed by atoms with Crippen LogP contribution in [0.1, 0.15) is 72.6 Å². The molecule has 2 saturated heterocycles. The predicted octanol–water partition coefficient (Wildman–Crippen LogP) is 4.30. The second-order valence-electron chi connectivity index (χ2n) is 6.98. The van der Waals surface area contributed by atoms with E-state index in [4.69, 9.17) is 0 Å². The smallest absolute Gasteiger partial charge is 0.00134 e. The van der Waals surface area contributed by atoms with E-state index in [1.54, 1.807) is 0 Å². The SMILES string of the molecule is CC.CC(C)CCCCN1CCC2(CCNCC2)CC1. The van der Waals surface area contributed by atoms with E-state index in [-0.39, 0.29) is 0 Å². The minimum absolute atomic E-state index is 0.722. The number of nitrogens with one attached hydrogen (secondary N) is 1. The van der Waals surface area contributed by atoms with Crippen LogP contribution in [0.4, 0.5) is 0 Å². The molecule has 2 nitrogen and oxygen atoms in total. The zero-order valence-corrected chi connectivity index (χ0v) is 14.5. The van der Waals surface area contributed by atoms with E-state index < -0.39 is 0 Å². The van der Waals surface area contributed by atoms with Gasteiger partial charge < -0.3 is 10.2 Å². The second-order valence-corrected chi connectivity index (χ2v) is 6.98. The Balaban J connectivity index is 0.000000956. The van der Waals surface area contributed by atoms with E-state index in [1.807, 2.05) is 13.8 Å². The molecule has 0 radical (unpaired) electrons. The molecule has 0 aromatic heterocycles. The first-order valence-electron chi connectivity index (χ1n) is 9.13. The molecule has 0 bridgehead atoms. The first-order valence-corrected chi connectivity index (χ1v) is 9.13. The quantitative estimate of drug-likeness (QED) is 0.756. The molecular weight excluding hydrogens is 244 g/mol. The number of nitrogens with zero attached hydrogens (tertiary/aromatic N) is 1. The van der Waals surface area contributed by atoms with Crippen LogP contribution in [0.25, 0.3) is 0 Å². The molecule has 0 atom stereocenters. The van der Waals surface area contributed by atoms with Crippen molar-refractivity contribution in [3.63, 3.8) is 0 Å². The molecule has 2 rings (SSSR count). The molecular formula is C18H38N2. The number of likely N-dealkylation sites (tertiary alicyclic amines) is 1. The normalized spacial score (nSPS) is 22.6. The molecule has 20 heavy (non-hydrogen) atoms. The van der Waals surface area contributed by atoms with Gasteiger partial charge in [0.05, 0.1) is 0 Å². The van der Waals surface area contributed by atoms with E-state index in [9.17, 15) is 0 Å². The number of rotatable bonds is 5. The lowest BCUT2D eigenvalue weighted by Gasteiger charge is -2.44. The Hall–Kier alpha value is -0.0800. The molecule has 0 unspecified atom stereocenters. The van der Waals surface area contributed by atoms with E-state index in [0.717, 1.165) is 11.3 Å². The maximum Gasteiger partial charge on any atom is -0.00134 e. The summed E-state index contributed by atoms with van der Waals surface area (Å²) in [5.74, 6) is 0.879. The minimum atomic E-state index is 0.722. The Kier molecular flexibility index (Phi) is 8.79. The van der Waals surface area contributed by atoms with Gasteiger partial charge in [-0.3, -0.25) is 0 Å². The lowest BCUT2D eigenvalue weighted by atomic mass is 9.71. The van der Waals surface area contributed by atoms with E-state index in [1.165, 1.54) is 77.7 Å². The van der Waals surface area contributed by atoms with Gasteiger partial charge in [-0.15, -0.1) is 0 Å². The summed E-state index contributed by atoms with van der Waals surface area (Å²) >= 11 is 0. The van der Waals surface area contributed by atoms with Crippen molar-refractivity contribution in [2.75, 3.05) is 32.7 Å². The van der Waals surface area contributed by atoms with Crippen LogP contribution in [0.3, 0.4) is 0 Å². The number of hydrogen-bond donors (Lipinski definition) is 1.